The number of ether oxygens (including phenoxy) is 1. The summed E-state index contributed by atoms with van der Waals surface area (Å²) in [5.41, 5.74) is 6.45. The fraction of sp³-hybridized carbons (Fsp3) is 1.00. The van der Waals surface area contributed by atoms with Gasteiger partial charge in [-0.25, -0.2) is 0 Å². The molecule has 2 fully saturated rings. The zero-order valence-electron chi connectivity index (χ0n) is 10.8. The Kier molecular flexibility index (Phi) is 4.26. The van der Waals surface area contributed by atoms with E-state index in [-0.39, 0.29) is 0 Å². The maximum atomic E-state index is 6.45. The maximum Gasteiger partial charge on any atom is 0.0509 e. The number of nitrogens with two attached hydrogens (primary N) is 1. The second-order valence-electron chi connectivity index (χ2n) is 6.08. The minimum atomic E-state index is 0.384. The summed E-state index contributed by atoms with van der Waals surface area (Å²) in [5, 5.41) is 0. The average Bonchev–Trinajstić information content (AvgIpc) is 2.33. The molecule has 2 aliphatic rings. The topological polar surface area (TPSA) is 35.2 Å². The van der Waals surface area contributed by atoms with Crippen molar-refractivity contribution in [1.82, 2.24) is 0 Å². The van der Waals surface area contributed by atoms with Crippen molar-refractivity contribution in [3.8, 4) is 0 Å². The fourth-order valence-corrected chi connectivity index (χ4v) is 3.39. The van der Waals surface area contributed by atoms with Gasteiger partial charge in [-0.05, 0) is 49.4 Å². The first kappa shape index (κ1) is 12.4. The second-order valence-corrected chi connectivity index (χ2v) is 6.08. The molecule has 0 amide bonds. The van der Waals surface area contributed by atoms with E-state index < -0.39 is 0 Å². The molecule has 1 aliphatic heterocycles. The zero-order chi connectivity index (χ0) is 11.5. The van der Waals surface area contributed by atoms with Gasteiger partial charge in [0.1, 0.15) is 0 Å². The van der Waals surface area contributed by atoms with Crippen LogP contribution in [-0.4, -0.2) is 19.3 Å². The molecule has 94 valence electrons. The highest BCUT2D eigenvalue weighted by Gasteiger charge is 2.32. The Hall–Kier alpha value is -0.0800. The summed E-state index contributed by atoms with van der Waals surface area (Å²) in [6, 6.07) is 0.384. The first-order chi connectivity index (χ1) is 7.68. The Morgan fingerprint density at radius 1 is 1.06 bits per heavy atom. The van der Waals surface area contributed by atoms with Crippen molar-refractivity contribution in [3.63, 3.8) is 0 Å². The van der Waals surface area contributed by atoms with E-state index in [0.29, 0.717) is 12.0 Å². The van der Waals surface area contributed by atoms with Gasteiger partial charge in [0.2, 0.25) is 0 Å². The minimum Gasteiger partial charge on any atom is -0.381 e. The fourth-order valence-electron chi connectivity index (χ4n) is 3.39. The van der Waals surface area contributed by atoms with Gasteiger partial charge in [-0.2, -0.15) is 0 Å². The summed E-state index contributed by atoms with van der Waals surface area (Å²) >= 11 is 0. The SMILES string of the molecule is CC1CCC(C(N)C2CCCOC2)CC1C. The third-order valence-electron chi connectivity index (χ3n) is 4.92. The lowest BCUT2D eigenvalue weighted by atomic mass is 9.70. The van der Waals surface area contributed by atoms with Crippen molar-refractivity contribution < 1.29 is 4.74 Å². The van der Waals surface area contributed by atoms with Crippen LogP contribution in [0.15, 0.2) is 0 Å². The quantitative estimate of drug-likeness (QED) is 0.784. The standard InChI is InChI=1S/C14H27NO/c1-10-5-6-12(8-11(10)2)14(15)13-4-3-7-16-9-13/h10-14H,3-9,15H2,1-2H3. The number of rotatable bonds is 2. The Labute approximate surface area is 99.9 Å². The van der Waals surface area contributed by atoms with Crippen LogP contribution in [0.25, 0.3) is 0 Å². The molecule has 2 nitrogen and oxygen atoms in total. The van der Waals surface area contributed by atoms with Crippen LogP contribution in [0, 0.1) is 23.7 Å². The van der Waals surface area contributed by atoms with Gasteiger partial charge in [0, 0.05) is 12.6 Å². The summed E-state index contributed by atoms with van der Waals surface area (Å²) < 4.78 is 5.56. The van der Waals surface area contributed by atoms with Crippen LogP contribution in [0.2, 0.25) is 0 Å². The van der Waals surface area contributed by atoms with Crippen molar-refractivity contribution in [2.75, 3.05) is 13.2 Å². The largest absolute Gasteiger partial charge is 0.381 e. The van der Waals surface area contributed by atoms with Gasteiger partial charge in [0.25, 0.3) is 0 Å². The third-order valence-corrected chi connectivity index (χ3v) is 4.92. The lowest BCUT2D eigenvalue weighted by Gasteiger charge is -2.39. The van der Waals surface area contributed by atoms with Gasteiger partial charge in [0.05, 0.1) is 6.61 Å². The highest BCUT2D eigenvalue weighted by atomic mass is 16.5. The van der Waals surface area contributed by atoms with Crippen LogP contribution in [-0.2, 0) is 4.74 Å². The Morgan fingerprint density at radius 2 is 1.88 bits per heavy atom. The molecular formula is C14H27NO. The first-order valence-electron chi connectivity index (χ1n) is 7.01. The summed E-state index contributed by atoms with van der Waals surface area (Å²) in [5.74, 6) is 3.12. The van der Waals surface area contributed by atoms with Crippen molar-refractivity contribution in [2.24, 2.45) is 29.4 Å². The predicted octanol–water partition coefficient (Wildman–Crippen LogP) is 2.81. The molecule has 0 bridgehead atoms. The summed E-state index contributed by atoms with van der Waals surface area (Å²) in [4.78, 5) is 0. The summed E-state index contributed by atoms with van der Waals surface area (Å²) in [6.07, 6.45) is 6.52. The molecule has 0 aromatic heterocycles. The van der Waals surface area contributed by atoms with Gasteiger partial charge >= 0.3 is 0 Å². The molecule has 2 N–H and O–H groups in total. The molecule has 0 aromatic carbocycles. The third kappa shape index (κ3) is 2.78. The van der Waals surface area contributed by atoms with E-state index in [1.165, 1.54) is 32.1 Å². The molecule has 1 aliphatic carbocycles. The van der Waals surface area contributed by atoms with E-state index in [4.69, 9.17) is 10.5 Å². The van der Waals surface area contributed by atoms with Crippen LogP contribution in [0.5, 0.6) is 0 Å². The van der Waals surface area contributed by atoms with Gasteiger partial charge in [0.15, 0.2) is 0 Å². The van der Waals surface area contributed by atoms with E-state index in [1.807, 2.05) is 0 Å². The average molecular weight is 225 g/mol. The smallest absolute Gasteiger partial charge is 0.0509 e. The lowest BCUT2D eigenvalue weighted by molar-refractivity contribution is 0.0275. The van der Waals surface area contributed by atoms with E-state index >= 15 is 0 Å². The first-order valence-corrected chi connectivity index (χ1v) is 7.01. The second kappa shape index (κ2) is 5.50. The Morgan fingerprint density at radius 3 is 2.50 bits per heavy atom. The predicted molar refractivity (Wildman–Crippen MR) is 67.2 cm³/mol. The molecule has 1 saturated carbocycles. The minimum absolute atomic E-state index is 0.384. The van der Waals surface area contributed by atoms with Gasteiger partial charge < -0.3 is 10.5 Å². The van der Waals surface area contributed by atoms with E-state index in [9.17, 15) is 0 Å². The maximum absolute atomic E-state index is 6.45. The molecule has 5 atom stereocenters. The number of hydrogen-bond acceptors (Lipinski definition) is 2. The van der Waals surface area contributed by atoms with E-state index in [0.717, 1.165) is 31.0 Å². The van der Waals surface area contributed by atoms with Crippen LogP contribution >= 0.6 is 0 Å². The van der Waals surface area contributed by atoms with Gasteiger partial charge in [-0.1, -0.05) is 20.3 Å². The van der Waals surface area contributed by atoms with Gasteiger partial charge in [-0.3, -0.25) is 0 Å². The lowest BCUT2D eigenvalue weighted by Crippen LogP contribution is -2.43. The molecule has 1 saturated heterocycles. The highest BCUT2D eigenvalue weighted by molar-refractivity contribution is 4.86. The van der Waals surface area contributed by atoms with Crippen molar-refractivity contribution >= 4 is 0 Å². The molecule has 16 heavy (non-hydrogen) atoms. The van der Waals surface area contributed by atoms with Crippen molar-refractivity contribution in [2.45, 2.75) is 52.0 Å². The molecule has 0 aromatic rings. The summed E-state index contributed by atoms with van der Waals surface area (Å²) in [6.45, 7) is 6.62. The van der Waals surface area contributed by atoms with Crippen LogP contribution in [0.3, 0.4) is 0 Å². The normalized spacial score (nSPS) is 42.9. The highest BCUT2D eigenvalue weighted by Crippen LogP contribution is 2.37. The molecule has 0 radical (unpaired) electrons. The molecule has 2 heteroatoms. The molecule has 0 spiro atoms. The van der Waals surface area contributed by atoms with E-state index in [1.54, 1.807) is 0 Å². The van der Waals surface area contributed by atoms with Crippen molar-refractivity contribution in [1.29, 1.82) is 0 Å². The molecule has 5 unspecified atom stereocenters. The summed E-state index contributed by atoms with van der Waals surface area (Å²) in [7, 11) is 0. The molecule has 2 rings (SSSR count). The molecular weight excluding hydrogens is 198 g/mol. The Balaban J connectivity index is 1.86. The van der Waals surface area contributed by atoms with Crippen molar-refractivity contribution in [3.05, 3.63) is 0 Å². The monoisotopic (exact) mass is 225 g/mol. The zero-order valence-corrected chi connectivity index (χ0v) is 10.8. The molecule has 1 heterocycles. The van der Waals surface area contributed by atoms with Gasteiger partial charge in [-0.15, -0.1) is 0 Å². The Bertz CT molecular complexity index is 213. The number of hydrogen-bond donors (Lipinski definition) is 1. The van der Waals surface area contributed by atoms with Crippen LogP contribution < -0.4 is 5.73 Å². The van der Waals surface area contributed by atoms with E-state index in [2.05, 4.69) is 13.8 Å². The van der Waals surface area contributed by atoms with Crippen LogP contribution in [0.4, 0.5) is 0 Å². The van der Waals surface area contributed by atoms with Crippen LogP contribution in [0.1, 0.15) is 46.0 Å².